The number of aliphatic carboxylic acids is 1. The van der Waals surface area contributed by atoms with Crippen LogP contribution in [0.15, 0.2) is 60.8 Å². The minimum atomic E-state index is -5.10. The highest BCUT2D eigenvalue weighted by Crippen LogP contribution is 2.49. The summed E-state index contributed by atoms with van der Waals surface area (Å²) in [6.07, 6.45) is -4.27. The molecule has 4 aromatic rings. The third-order valence-corrected chi connectivity index (χ3v) is 11.3. The largest absolute Gasteiger partial charge is 0.480 e. The molecule has 2 saturated heterocycles. The van der Waals surface area contributed by atoms with Gasteiger partial charge >= 0.3 is 18.3 Å². The molecule has 282 valence electrons. The lowest BCUT2D eigenvalue weighted by Crippen LogP contribution is -2.59. The fraction of sp³-hybridized carbons (Fsp3) is 0.475. The number of rotatable bonds is 10. The second-order valence-corrected chi connectivity index (χ2v) is 14.9. The zero-order valence-corrected chi connectivity index (χ0v) is 29.2. The number of carboxylic acid groups (broad SMARTS) is 1. The number of halogens is 6. The molecule has 0 spiro atoms. The van der Waals surface area contributed by atoms with Gasteiger partial charge < -0.3 is 10.4 Å². The molecule has 3 aromatic carbocycles. The number of piperidine rings is 2. The van der Waals surface area contributed by atoms with E-state index in [0.29, 0.717) is 16.9 Å². The van der Waals surface area contributed by atoms with E-state index in [2.05, 4.69) is 28.4 Å². The van der Waals surface area contributed by atoms with Crippen LogP contribution in [0.25, 0.3) is 32.8 Å². The van der Waals surface area contributed by atoms with Crippen LogP contribution in [0.3, 0.4) is 0 Å². The van der Waals surface area contributed by atoms with Gasteiger partial charge in [0.1, 0.15) is 11.5 Å². The van der Waals surface area contributed by atoms with Crippen molar-refractivity contribution in [2.45, 2.75) is 82.2 Å². The van der Waals surface area contributed by atoms with Crippen LogP contribution in [0.5, 0.6) is 0 Å². The molecule has 1 aromatic heterocycles. The van der Waals surface area contributed by atoms with E-state index in [0.717, 1.165) is 64.8 Å². The lowest BCUT2D eigenvalue weighted by Gasteiger charge is -2.42. The Balaban J connectivity index is 1.21. The van der Waals surface area contributed by atoms with E-state index >= 15 is 0 Å². The Bertz CT molecular complexity index is 2000. The molecule has 2 aliphatic heterocycles. The molecular formula is C40H42F6N4O3. The lowest BCUT2D eigenvalue weighted by atomic mass is 9.76. The summed E-state index contributed by atoms with van der Waals surface area (Å²) in [7, 11) is 0. The first-order valence-electron chi connectivity index (χ1n) is 18.3. The molecule has 13 heteroatoms. The third-order valence-electron chi connectivity index (χ3n) is 11.3. The summed E-state index contributed by atoms with van der Waals surface area (Å²) in [6, 6.07) is 15.8. The number of aromatic nitrogens is 1. The van der Waals surface area contributed by atoms with Crippen molar-refractivity contribution in [1.82, 2.24) is 20.1 Å². The Labute approximate surface area is 303 Å². The SMILES string of the molecule is O=C(O)[C@H](Cc1cccc2c(-c3c(C4CC4)ccc4c(CN5CCCCC5)ccnc34)cccc12)NC(=O)C1(C(F)(F)F)CCN(CC(F)(F)F)CC1. The second kappa shape index (κ2) is 14.5. The summed E-state index contributed by atoms with van der Waals surface area (Å²) >= 11 is 0. The van der Waals surface area contributed by atoms with Crippen LogP contribution in [0.1, 0.15) is 67.6 Å². The van der Waals surface area contributed by atoms with Crippen molar-refractivity contribution >= 4 is 33.6 Å². The summed E-state index contributed by atoms with van der Waals surface area (Å²) < 4.78 is 82.3. The minimum absolute atomic E-state index is 0.306. The van der Waals surface area contributed by atoms with Crippen LogP contribution in [0.4, 0.5) is 26.3 Å². The molecular weight excluding hydrogens is 698 g/mol. The molecule has 7 rings (SSSR count). The molecule has 1 aliphatic carbocycles. The van der Waals surface area contributed by atoms with Gasteiger partial charge in [-0.1, -0.05) is 55.0 Å². The van der Waals surface area contributed by atoms with Gasteiger partial charge in [-0.3, -0.25) is 19.6 Å². The number of carboxylic acids is 1. The molecule has 1 amide bonds. The van der Waals surface area contributed by atoms with Crippen LogP contribution in [-0.4, -0.2) is 82.9 Å². The van der Waals surface area contributed by atoms with Crippen LogP contribution in [0, 0.1) is 5.41 Å². The van der Waals surface area contributed by atoms with Crippen molar-refractivity contribution in [2.24, 2.45) is 5.41 Å². The molecule has 53 heavy (non-hydrogen) atoms. The van der Waals surface area contributed by atoms with E-state index in [1.807, 2.05) is 30.5 Å². The van der Waals surface area contributed by atoms with E-state index in [4.69, 9.17) is 4.98 Å². The Morgan fingerprint density at radius 1 is 0.830 bits per heavy atom. The minimum Gasteiger partial charge on any atom is -0.480 e. The molecule has 2 N–H and O–H groups in total. The Morgan fingerprint density at radius 2 is 1.53 bits per heavy atom. The zero-order chi connectivity index (χ0) is 37.5. The van der Waals surface area contributed by atoms with Crippen LogP contribution in [-0.2, 0) is 22.6 Å². The van der Waals surface area contributed by atoms with Crippen molar-refractivity contribution in [3.63, 3.8) is 0 Å². The first kappa shape index (κ1) is 37.1. The van der Waals surface area contributed by atoms with E-state index < -0.39 is 68.2 Å². The zero-order valence-electron chi connectivity index (χ0n) is 29.2. The highest BCUT2D eigenvalue weighted by molar-refractivity contribution is 6.07. The maximum absolute atomic E-state index is 14.5. The van der Waals surface area contributed by atoms with E-state index in [9.17, 15) is 41.0 Å². The number of carbonyl (C=O) groups excluding carboxylic acids is 1. The monoisotopic (exact) mass is 740 g/mol. The fourth-order valence-corrected chi connectivity index (χ4v) is 8.28. The molecule has 0 bridgehead atoms. The summed E-state index contributed by atoms with van der Waals surface area (Å²) in [6.45, 7) is 0.325. The molecule has 7 nitrogen and oxygen atoms in total. The van der Waals surface area contributed by atoms with E-state index in [1.165, 1.54) is 30.4 Å². The summed E-state index contributed by atoms with van der Waals surface area (Å²) in [5, 5.41) is 14.9. The Morgan fingerprint density at radius 3 is 2.19 bits per heavy atom. The number of likely N-dealkylation sites (tertiary alicyclic amines) is 2. The number of alkyl halides is 6. The van der Waals surface area contributed by atoms with Gasteiger partial charge in [0.05, 0.1) is 12.1 Å². The number of amides is 1. The Kier molecular flexibility index (Phi) is 10.2. The molecule has 3 aliphatic rings. The summed E-state index contributed by atoms with van der Waals surface area (Å²) in [5.41, 5.74) is 2.71. The van der Waals surface area contributed by atoms with Crippen LogP contribution < -0.4 is 5.32 Å². The van der Waals surface area contributed by atoms with Crippen LogP contribution >= 0.6 is 0 Å². The van der Waals surface area contributed by atoms with Crippen molar-refractivity contribution in [1.29, 1.82) is 0 Å². The van der Waals surface area contributed by atoms with Crippen molar-refractivity contribution in [3.05, 3.63) is 77.5 Å². The van der Waals surface area contributed by atoms with Gasteiger partial charge in [0.2, 0.25) is 5.91 Å². The maximum atomic E-state index is 14.5. The quantitative estimate of drug-likeness (QED) is 0.160. The van der Waals surface area contributed by atoms with E-state index in [-0.39, 0.29) is 6.42 Å². The van der Waals surface area contributed by atoms with Gasteiger partial charge in [0.25, 0.3) is 0 Å². The molecule has 3 fully saturated rings. The normalized spacial score (nSPS) is 19.4. The topological polar surface area (TPSA) is 85.8 Å². The molecule has 0 unspecified atom stereocenters. The first-order valence-corrected chi connectivity index (χ1v) is 18.3. The van der Waals surface area contributed by atoms with Gasteiger partial charge in [-0.15, -0.1) is 0 Å². The van der Waals surface area contributed by atoms with Gasteiger partial charge in [-0.25, -0.2) is 4.79 Å². The molecule has 1 saturated carbocycles. The number of pyridine rings is 1. The predicted octanol–water partition coefficient (Wildman–Crippen LogP) is 8.24. The molecule has 1 atom stereocenters. The van der Waals surface area contributed by atoms with E-state index in [1.54, 1.807) is 12.1 Å². The van der Waals surface area contributed by atoms with Crippen molar-refractivity contribution in [2.75, 3.05) is 32.7 Å². The predicted molar refractivity (Wildman–Crippen MR) is 189 cm³/mol. The highest BCUT2D eigenvalue weighted by Gasteiger charge is 2.61. The average Bonchev–Trinajstić information content (AvgIpc) is 3.96. The number of nitrogens with one attached hydrogen (secondary N) is 1. The smallest absolute Gasteiger partial charge is 0.403 e. The van der Waals surface area contributed by atoms with Gasteiger partial charge in [0, 0.05) is 30.1 Å². The van der Waals surface area contributed by atoms with Gasteiger partial charge in [0.15, 0.2) is 0 Å². The van der Waals surface area contributed by atoms with Crippen molar-refractivity contribution in [3.8, 4) is 11.1 Å². The number of hydrogen-bond donors (Lipinski definition) is 2. The lowest BCUT2D eigenvalue weighted by molar-refractivity contribution is -0.236. The maximum Gasteiger partial charge on any atom is 0.403 e. The highest BCUT2D eigenvalue weighted by atomic mass is 19.4. The Hall–Kier alpha value is -4.23. The van der Waals surface area contributed by atoms with Crippen molar-refractivity contribution < 1.29 is 41.0 Å². The fourth-order valence-electron chi connectivity index (χ4n) is 8.28. The van der Waals surface area contributed by atoms with Gasteiger partial charge in [-0.2, -0.15) is 26.3 Å². The number of hydrogen-bond acceptors (Lipinski definition) is 5. The number of nitrogens with zero attached hydrogens (tertiary/aromatic N) is 3. The number of benzene rings is 3. The number of carbonyl (C=O) groups is 2. The standard InChI is InChI=1S/C40H42F6N4O3/c41-39(42,43)24-50-20-15-38(16-21-50,40(44,45)46)37(53)48-33(36(51)52)22-26-6-4-8-31-28(26)7-5-9-32(31)34-29(25-10-11-25)12-13-30-27(14-17-47-35(30)34)23-49-18-2-1-3-19-49/h4-9,12-14,17,25,33H,1-3,10-11,15-16,18-24H2,(H,48,53)(H,51,52)/t33-/m0/s1. The first-order chi connectivity index (χ1) is 25.2. The average molecular weight is 741 g/mol. The second-order valence-electron chi connectivity index (χ2n) is 14.9. The van der Waals surface area contributed by atoms with Crippen LogP contribution in [0.2, 0.25) is 0 Å². The molecule has 0 radical (unpaired) electrons. The van der Waals surface area contributed by atoms with Gasteiger partial charge in [-0.05, 0) is 110 Å². The number of fused-ring (bicyclic) bond motifs is 2. The summed E-state index contributed by atoms with van der Waals surface area (Å²) in [4.78, 5) is 34.1. The molecule has 3 heterocycles. The summed E-state index contributed by atoms with van der Waals surface area (Å²) in [5.74, 6) is -2.68. The third kappa shape index (κ3) is 7.73.